The van der Waals surface area contributed by atoms with Crippen LogP contribution in [0.25, 0.3) is 0 Å². The largest absolute Gasteiger partial charge is 0.331 e. The Balaban J connectivity index is 1.38. The monoisotopic (exact) mass is 436 g/mol. The molecule has 0 fully saturated rings. The van der Waals surface area contributed by atoms with Crippen LogP contribution in [-0.4, -0.2) is 19.4 Å². The van der Waals surface area contributed by atoms with Crippen LogP contribution in [0.15, 0.2) is 71.9 Å². The zero-order valence-corrected chi connectivity index (χ0v) is 17.9. The molecule has 2 aromatic carbocycles. The summed E-state index contributed by atoms with van der Waals surface area (Å²) in [4.78, 5) is 16.4. The molecule has 2 heterocycles. The molecule has 3 N–H and O–H groups in total. The zero-order valence-electron chi connectivity index (χ0n) is 17.1. The van der Waals surface area contributed by atoms with Crippen LogP contribution in [0.2, 0.25) is 0 Å². The predicted octanol–water partition coefficient (Wildman–Crippen LogP) is 3.54. The fourth-order valence-corrected chi connectivity index (χ4v) is 4.92. The summed E-state index contributed by atoms with van der Waals surface area (Å²) in [5, 5.41) is 8.83. The molecule has 1 aromatic heterocycles. The Bertz CT molecular complexity index is 1180. The van der Waals surface area contributed by atoms with Crippen molar-refractivity contribution in [2.75, 3.05) is 5.32 Å². The van der Waals surface area contributed by atoms with Crippen molar-refractivity contribution < 1.29 is 13.2 Å². The van der Waals surface area contributed by atoms with Gasteiger partial charge in [0.05, 0.1) is 16.7 Å². The third-order valence-electron chi connectivity index (χ3n) is 5.28. The standard InChI is InChI=1S/C23H24N4O3S/c1-16(18-8-10-24-11-9-18)26-23(28)27-21-4-6-22(7-5-21)31(29,30)15-17-2-3-19-13-25-14-20(19)12-17/h2-12,16,25H,13-15H2,1H3,(H2,26,27,28). The van der Waals surface area contributed by atoms with Gasteiger partial charge in [0, 0.05) is 31.2 Å². The number of carbonyl (C=O) groups is 1. The van der Waals surface area contributed by atoms with Crippen molar-refractivity contribution in [3.8, 4) is 0 Å². The topological polar surface area (TPSA) is 100 Å². The minimum absolute atomic E-state index is 0.0585. The van der Waals surface area contributed by atoms with Crippen LogP contribution in [0.5, 0.6) is 0 Å². The van der Waals surface area contributed by atoms with E-state index in [2.05, 4.69) is 20.9 Å². The average molecular weight is 437 g/mol. The van der Waals surface area contributed by atoms with Crippen molar-refractivity contribution in [3.63, 3.8) is 0 Å². The van der Waals surface area contributed by atoms with E-state index in [0.29, 0.717) is 5.69 Å². The van der Waals surface area contributed by atoms with E-state index in [-0.39, 0.29) is 22.7 Å². The van der Waals surface area contributed by atoms with Gasteiger partial charge in [0.15, 0.2) is 9.84 Å². The van der Waals surface area contributed by atoms with E-state index < -0.39 is 9.84 Å². The number of nitrogens with one attached hydrogen (secondary N) is 3. The third-order valence-corrected chi connectivity index (χ3v) is 6.99. The highest BCUT2D eigenvalue weighted by molar-refractivity contribution is 7.90. The minimum atomic E-state index is -3.49. The van der Waals surface area contributed by atoms with Crippen molar-refractivity contribution in [2.24, 2.45) is 0 Å². The Morgan fingerprint density at radius 3 is 2.48 bits per heavy atom. The third kappa shape index (κ3) is 5.10. The first-order chi connectivity index (χ1) is 14.9. The molecule has 31 heavy (non-hydrogen) atoms. The Kier molecular flexibility index (Phi) is 6.01. The van der Waals surface area contributed by atoms with Crippen LogP contribution in [-0.2, 0) is 28.7 Å². The number of aromatic nitrogens is 1. The highest BCUT2D eigenvalue weighted by Gasteiger charge is 2.18. The highest BCUT2D eigenvalue weighted by atomic mass is 32.2. The van der Waals surface area contributed by atoms with Gasteiger partial charge < -0.3 is 16.0 Å². The van der Waals surface area contributed by atoms with Gasteiger partial charge >= 0.3 is 6.03 Å². The van der Waals surface area contributed by atoms with Gasteiger partial charge in [-0.05, 0) is 65.6 Å². The quantitative estimate of drug-likeness (QED) is 0.549. The lowest BCUT2D eigenvalue weighted by Gasteiger charge is -2.15. The van der Waals surface area contributed by atoms with Crippen molar-refractivity contribution in [3.05, 3.63) is 89.2 Å². The van der Waals surface area contributed by atoms with Crippen molar-refractivity contribution in [1.82, 2.24) is 15.6 Å². The molecule has 0 saturated carbocycles. The summed E-state index contributed by atoms with van der Waals surface area (Å²) in [6, 6.07) is 15.1. The molecule has 3 aromatic rings. The number of amides is 2. The summed E-state index contributed by atoms with van der Waals surface area (Å²) in [5.74, 6) is -0.0585. The van der Waals surface area contributed by atoms with E-state index >= 15 is 0 Å². The number of anilines is 1. The summed E-state index contributed by atoms with van der Waals surface area (Å²) in [6.07, 6.45) is 3.34. The summed E-state index contributed by atoms with van der Waals surface area (Å²) in [5.41, 5.74) is 4.59. The molecule has 8 heteroatoms. The number of benzene rings is 2. The first-order valence-electron chi connectivity index (χ1n) is 10.0. The van der Waals surface area contributed by atoms with Gasteiger partial charge in [0.25, 0.3) is 0 Å². The van der Waals surface area contributed by atoms with E-state index in [1.165, 1.54) is 17.7 Å². The fraction of sp³-hybridized carbons (Fsp3) is 0.217. The fourth-order valence-electron chi connectivity index (χ4n) is 3.59. The second-order valence-corrected chi connectivity index (χ2v) is 9.58. The Hall–Kier alpha value is -3.23. The van der Waals surface area contributed by atoms with Crippen LogP contribution in [0.4, 0.5) is 10.5 Å². The number of sulfone groups is 1. The minimum Gasteiger partial charge on any atom is -0.331 e. The molecular formula is C23H24N4O3S. The Labute approximate surface area is 181 Å². The second kappa shape index (κ2) is 8.87. The lowest BCUT2D eigenvalue weighted by Crippen LogP contribution is -2.31. The van der Waals surface area contributed by atoms with E-state index in [4.69, 9.17) is 0 Å². The van der Waals surface area contributed by atoms with Crippen molar-refractivity contribution in [1.29, 1.82) is 0 Å². The Morgan fingerprint density at radius 1 is 1.03 bits per heavy atom. The Morgan fingerprint density at radius 2 is 1.74 bits per heavy atom. The SMILES string of the molecule is CC(NC(=O)Nc1ccc(S(=O)(=O)Cc2ccc3c(c2)CNC3)cc1)c1ccncc1. The number of hydrogen-bond acceptors (Lipinski definition) is 5. The molecule has 1 unspecified atom stereocenters. The van der Waals surface area contributed by atoms with Gasteiger partial charge in [0.1, 0.15) is 0 Å². The molecule has 0 saturated heterocycles. The lowest BCUT2D eigenvalue weighted by atomic mass is 10.1. The molecule has 1 atom stereocenters. The average Bonchev–Trinajstić information content (AvgIpc) is 3.22. The normalized spacial score (nSPS) is 14.0. The maximum atomic E-state index is 12.8. The number of rotatable bonds is 6. The maximum absolute atomic E-state index is 12.8. The smallest absolute Gasteiger partial charge is 0.319 e. The van der Waals surface area contributed by atoms with Crippen LogP contribution in [0.3, 0.4) is 0 Å². The molecule has 1 aliphatic heterocycles. The second-order valence-electron chi connectivity index (χ2n) is 7.59. The van der Waals surface area contributed by atoms with E-state index in [1.807, 2.05) is 37.3 Å². The molecule has 2 amide bonds. The van der Waals surface area contributed by atoms with Gasteiger partial charge in [-0.15, -0.1) is 0 Å². The van der Waals surface area contributed by atoms with Gasteiger partial charge in [-0.25, -0.2) is 13.2 Å². The highest BCUT2D eigenvalue weighted by Crippen LogP contribution is 2.22. The number of hydrogen-bond donors (Lipinski definition) is 3. The van der Waals surface area contributed by atoms with E-state index in [9.17, 15) is 13.2 Å². The zero-order chi connectivity index (χ0) is 21.8. The summed E-state index contributed by atoms with van der Waals surface area (Å²) >= 11 is 0. The maximum Gasteiger partial charge on any atom is 0.319 e. The summed E-state index contributed by atoms with van der Waals surface area (Å²) in [6.45, 7) is 3.47. The van der Waals surface area contributed by atoms with Gasteiger partial charge in [0.2, 0.25) is 0 Å². The van der Waals surface area contributed by atoms with Gasteiger partial charge in [-0.1, -0.05) is 18.2 Å². The van der Waals surface area contributed by atoms with Crippen molar-refractivity contribution in [2.45, 2.75) is 36.7 Å². The first kappa shape index (κ1) is 21.0. The van der Waals surface area contributed by atoms with Crippen LogP contribution in [0.1, 0.15) is 35.2 Å². The number of nitrogens with zero attached hydrogens (tertiary/aromatic N) is 1. The van der Waals surface area contributed by atoms with Gasteiger partial charge in [-0.3, -0.25) is 4.98 Å². The summed E-state index contributed by atoms with van der Waals surface area (Å²) in [7, 11) is -3.49. The molecule has 7 nitrogen and oxygen atoms in total. The van der Waals surface area contributed by atoms with E-state index in [0.717, 1.165) is 29.8 Å². The molecule has 0 aliphatic carbocycles. The predicted molar refractivity (Wildman–Crippen MR) is 119 cm³/mol. The number of carbonyl (C=O) groups excluding carboxylic acids is 1. The van der Waals surface area contributed by atoms with Crippen LogP contribution < -0.4 is 16.0 Å². The summed E-state index contributed by atoms with van der Waals surface area (Å²) < 4.78 is 25.6. The number of fused-ring (bicyclic) bond motifs is 1. The number of urea groups is 1. The van der Waals surface area contributed by atoms with Crippen LogP contribution in [0, 0.1) is 0 Å². The molecule has 0 spiro atoms. The number of pyridine rings is 1. The van der Waals surface area contributed by atoms with Crippen molar-refractivity contribution >= 4 is 21.6 Å². The molecular weight excluding hydrogens is 412 g/mol. The first-order valence-corrected chi connectivity index (χ1v) is 11.7. The molecule has 0 radical (unpaired) electrons. The van der Waals surface area contributed by atoms with Gasteiger partial charge in [-0.2, -0.15) is 0 Å². The molecule has 0 bridgehead atoms. The van der Waals surface area contributed by atoms with E-state index in [1.54, 1.807) is 24.5 Å². The molecule has 1 aliphatic rings. The van der Waals surface area contributed by atoms with Crippen LogP contribution >= 0.6 is 0 Å². The molecule has 160 valence electrons. The lowest BCUT2D eigenvalue weighted by molar-refractivity contribution is 0.249. The molecule has 4 rings (SSSR count).